The van der Waals surface area contributed by atoms with Gasteiger partial charge in [0.05, 0.1) is 6.61 Å². The number of carbonyl (C=O) groups is 1. The highest BCUT2D eigenvalue weighted by molar-refractivity contribution is 5.79. The van der Waals surface area contributed by atoms with Gasteiger partial charge in [0.2, 0.25) is 0 Å². The van der Waals surface area contributed by atoms with Crippen LogP contribution in [0.1, 0.15) is 71.6 Å². The van der Waals surface area contributed by atoms with E-state index in [1.807, 2.05) is 0 Å². The van der Waals surface area contributed by atoms with Gasteiger partial charge in [0, 0.05) is 13.0 Å². The molecule has 0 saturated heterocycles. The van der Waals surface area contributed by atoms with E-state index in [9.17, 15) is 23.1 Å². The number of Topliss-reactive ketones (excluding diaryl/α,β-unsaturated/α-hetero) is 1. The molecule has 0 bridgehead atoms. The van der Waals surface area contributed by atoms with Crippen molar-refractivity contribution in [2.75, 3.05) is 13.7 Å². The molecule has 0 aliphatic heterocycles. The Morgan fingerprint density at radius 2 is 1.79 bits per heavy atom. The molecule has 0 heterocycles. The van der Waals surface area contributed by atoms with Crippen molar-refractivity contribution in [2.45, 2.75) is 83.4 Å². The summed E-state index contributed by atoms with van der Waals surface area (Å²) >= 11 is 0. The van der Waals surface area contributed by atoms with Crippen molar-refractivity contribution in [3.8, 4) is 0 Å². The highest BCUT2D eigenvalue weighted by Gasteiger charge is 2.66. The fourth-order valence-electron chi connectivity index (χ4n) is 8.52. The average molecular weight is 417 g/mol. The lowest BCUT2D eigenvalue weighted by atomic mass is 9.43. The topological polar surface area (TPSA) is 46.5 Å². The van der Waals surface area contributed by atoms with Crippen LogP contribution in [0.4, 0.5) is 13.2 Å². The number of fused-ring (bicyclic) bond motifs is 5. The maximum Gasteiger partial charge on any atom is 0.417 e. The molecule has 1 N–H and O–H groups in total. The van der Waals surface area contributed by atoms with Crippen molar-refractivity contribution >= 4 is 5.78 Å². The van der Waals surface area contributed by atoms with E-state index in [0.717, 1.165) is 38.5 Å². The van der Waals surface area contributed by atoms with Gasteiger partial charge in [-0.1, -0.05) is 6.92 Å². The lowest BCUT2D eigenvalue weighted by Crippen LogP contribution is -2.61. The molecule has 0 radical (unpaired) electrons. The monoisotopic (exact) mass is 416 g/mol. The van der Waals surface area contributed by atoms with Crippen LogP contribution in [0.2, 0.25) is 0 Å². The highest BCUT2D eigenvalue weighted by atomic mass is 19.4. The van der Waals surface area contributed by atoms with Crippen LogP contribution in [0.3, 0.4) is 0 Å². The van der Waals surface area contributed by atoms with E-state index in [-0.39, 0.29) is 35.5 Å². The smallest absolute Gasteiger partial charge is 0.384 e. The molecule has 4 saturated carbocycles. The molecule has 4 aliphatic carbocycles. The van der Waals surface area contributed by atoms with Crippen molar-refractivity contribution < 1.29 is 27.8 Å². The van der Waals surface area contributed by atoms with Gasteiger partial charge in [-0.05, 0) is 99.2 Å². The first-order chi connectivity index (χ1) is 13.5. The first-order valence-corrected chi connectivity index (χ1v) is 11.3. The second kappa shape index (κ2) is 6.94. The van der Waals surface area contributed by atoms with Crippen LogP contribution in [-0.4, -0.2) is 36.4 Å². The fraction of sp³-hybridized carbons (Fsp3) is 0.957. The summed E-state index contributed by atoms with van der Waals surface area (Å²) in [4.78, 5) is 12.3. The summed E-state index contributed by atoms with van der Waals surface area (Å²) in [5, 5.41) is 10.4. The number of ketones is 1. The Kier molecular flexibility index (Phi) is 5.17. The maximum absolute atomic E-state index is 13.6. The minimum Gasteiger partial charge on any atom is -0.384 e. The summed E-state index contributed by atoms with van der Waals surface area (Å²) in [6.45, 7) is 4.48. The zero-order chi connectivity index (χ0) is 21.2. The maximum atomic E-state index is 13.6. The number of carbonyl (C=O) groups excluding carboxylic acids is 1. The fourth-order valence-corrected chi connectivity index (χ4v) is 8.52. The molecule has 0 aromatic rings. The number of halogens is 3. The summed E-state index contributed by atoms with van der Waals surface area (Å²) in [5.74, 6) is 1.55. The Morgan fingerprint density at radius 3 is 2.41 bits per heavy atom. The predicted molar refractivity (Wildman–Crippen MR) is 103 cm³/mol. The Balaban J connectivity index is 1.64. The summed E-state index contributed by atoms with van der Waals surface area (Å²) in [6, 6.07) is 0. The number of rotatable bonds is 3. The molecule has 8 atom stereocenters. The SMILES string of the molecule is COC[C@]12CC[C@](O)(C(F)(F)F)C[C@H]1CC[C@H]1[C@@H]3CC[C@H](C(C)=O)[C@@]3(C)CC[C@@H]12. The molecule has 29 heavy (non-hydrogen) atoms. The average Bonchev–Trinajstić information content (AvgIpc) is 2.99. The van der Waals surface area contributed by atoms with Gasteiger partial charge in [-0.3, -0.25) is 4.79 Å². The van der Waals surface area contributed by atoms with Crippen molar-refractivity contribution in [1.82, 2.24) is 0 Å². The second-order valence-electron chi connectivity index (χ2n) is 10.8. The second-order valence-corrected chi connectivity index (χ2v) is 10.8. The van der Waals surface area contributed by atoms with E-state index in [1.54, 1.807) is 14.0 Å². The molecule has 0 aromatic heterocycles. The van der Waals surface area contributed by atoms with Gasteiger partial charge in [-0.15, -0.1) is 0 Å². The highest BCUT2D eigenvalue weighted by Crippen LogP contribution is 2.68. The largest absolute Gasteiger partial charge is 0.417 e. The third kappa shape index (κ3) is 3.02. The number of hydrogen-bond acceptors (Lipinski definition) is 3. The van der Waals surface area contributed by atoms with Gasteiger partial charge in [0.25, 0.3) is 0 Å². The van der Waals surface area contributed by atoms with Crippen LogP contribution in [0, 0.1) is 40.4 Å². The van der Waals surface area contributed by atoms with Gasteiger partial charge < -0.3 is 9.84 Å². The van der Waals surface area contributed by atoms with Gasteiger partial charge >= 0.3 is 6.18 Å². The number of methoxy groups -OCH3 is 1. The number of alkyl halides is 3. The first-order valence-electron chi connectivity index (χ1n) is 11.3. The third-order valence-corrected chi connectivity index (χ3v) is 9.86. The van der Waals surface area contributed by atoms with Crippen LogP contribution < -0.4 is 0 Å². The molecular weight excluding hydrogens is 381 g/mol. The molecule has 4 rings (SSSR count). The summed E-state index contributed by atoms with van der Waals surface area (Å²) in [7, 11) is 1.65. The van der Waals surface area contributed by atoms with Crippen molar-refractivity contribution in [3.05, 3.63) is 0 Å². The van der Waals surface area contributed by atoms with E-state index in [0.29, 0.717) is 36.6 Å². The summed E-state index contributed by atoms with van der Waals surface area (Å²) in [6.07, 6.45) is 0.974. The lowest BCUT2D eigenvalue weighted by Gasteiger charge is -2.62. The first kappa shape index (κ1) is 21.6. The standard InChI is InChI=1S/C23H35F3O3/c1-14(27)17-6-7-18-16-5-4-15-12-22(28,23(24,25)26)11-10-21(15,13-29-3)19(16)8-9-20(17,18)2/h15-19,28H,4-13H2,1-3H3/t15-,16+,17-,18+,19+,20-,21-,22-/m1/s1. The molecule has 6 heteroatoms. The van der Waals surface area contributed by atoms with Crippen LogP contribution >= 0.6 is 0 Å². The number of aliphatic hydroxyl groups is 1. The van der Waals surface area contributed by atoms with E-state index in [4.69, 9.17) is 4.74 Å². The lowest BCUT2D eigenvalue weighted by molar-refractivity contribution is -0.294. The van der Waals surface area contributed by atoms with Gasteiger partial charge in [0.1, 0.15) is 5.78 Å². The third-order valence-electron chi connectivity index (χ3n) is 9.86. The molecule has 4 fully saturated rings. The molecule has 0 unspecified atom stereocenters. The van der Waals surface area contributed by atoms with Crippen LogP contribution in [0.5, 0.6) is 0 Å². The van der Waals surface area contributed by atoms with Crippen LogP contribution in [0.15, 0.2) is 0 Å². The predicted octanol–water partition coefficient (Wildman–Crippen LogP) is 5.15. The Bertz CT molecular complexity index is 664. The summed E-state index contributed by atoms with van der Waals surface area (Å²) in [5.41, 5.74) is -2.79. The number of hydrogen-bond donors (Lipinski definition) is 1. The molecule has 4 aliphatic rings. The zero-order valence-corrected chi connectivity index (χ0v) is 17.9. The molecule has 0 spiro atoms. The quantitative estimate of drug-likeness (QED) is 0.692. The van der Waals surface area contributed by atoms with Crippen LogP contribution in [-0.2, 0) is 9.53 Å². The molecule has 0 amide bonds. The molecule has 3 nitrogen and oxygen atoms in total. The van der Waals surface area contributed by atoms with Gasteiger partial charge in [-0.25, -0.2) is 0 Å². The normalized spacial score (nSPS) is 49.8. The van der Waals surface area contributed by atoms with Gasteiger partial charge in [-0.2, -0.15) is 13.2 Å². The van der Waals surface area contributed by atoms with Crippen molar-refractivity contribution in [1.29, 1.82) is 0 Å². The number of ether oxygens (including phenoxy) is 1. The Hall–Kier alpha value is -0.620. The van der Waals surface area contributed by atoms with Crippen molar-refractivity contribution in [3.63, 3.8) is 0 Å². The molecule has 0 aromatic carbocycles. The minimum absolute atomic E-state index is 0.0372. The minimum atomic E-state index is -4.58. The van der Waals surface area contributed by atoms with Gasteiger partial charge in [0.15, 0.2) is 5.60 Å². The van der Waals surface area contributed by atoms with Crippen molar-refractivity contribution in [2.24, 2.45) is 40.4 Å². The van der Waals surface area contributed by atoms with E-state index in [2.05, 4.69) is 6.92 Å². The molecule has 166 valence electrons. The van der Waals surface area contributed by atoms with E-state index < -0.39 is 11.8 Å². The Morgan fingerprint density at radius 1 is 1.07 bits per heavy atom. The van der Waals surface area contributed by atoms with E-state index in [1.165, 1.54) is 0 Å². The van der Waals surface area contributed by atoms with E-state index >= 15 is 0 Å². The Labute approximate surface area is 171 Å². The summed E-state index contributed by atoms with van der Waals surface area (Å²) < 4.78 is 46.3. The zero-order valence-electron chi connectivity index (χ0n) is 17.9. The molecular formula is C23H35F3O3. The van der Waals surface area contributed by atoms with Crippen LogP contribution in [0.25, 0.3) is 0 Å².